The van der Waals surface area contributed by atoms with Gasteiger partial charge in [-0.2, -0.15) is 0 Å². The summed E-state index contributed by atoms with van der Waals surface area (Å²) in [6, 6.07) is 8.33. The Kier molecular flexibility index (Phi) is 6.71. The van der Waals surface area contributed by atoms with Crippen LogP contribution in [0.15, 0.2) is 24.3 Å². The molecule has 0 heterocycles. The van der Waals surface area contributed by atoms with E-state index in [1.54, 1.807) is 0 Å². The fourth-order valence-electron chi connectivity index (χ4n) is 2.93. The zero-order valence-electron chi connectivity index (χ0n) is 14.3. The van der Waals surface area contributed by atoms with E-state index >= 15 is 0 Å². The highest BCUT2D eigenvalue weighted by molar-refractivity contribution is 7.15. The highest BCUT2D eigenvalue weighted by atomic mass is 31.0. The first-order valence-electron chi connectivity index (χ1n) is 8.57. The summed E-state index contributed by atoms with van der Waals surface area (Å²) >= 11 is 0. The quantitative estimate of drug-likeness (QED) is 0.505. The standard InChI is InChI=1S/C19H31O2P/c1-19(2,3)13-18(20-16-9-5-4-6-10-16)21-17-11-7-8-15(12-17)14-22/h7-8,11-12,16,18H,4-6,9-10,13-14,22H2,1-3H3. The van der Waals surface area contributed by atoms with E-state index in [1.165, 1.54) is 37.7 Å². The lowest BCUT2D eigenvalue weighted by atomic mass is 9.91. The van der Waals surface area contributed by atoms with Crippen molar-refractivity contribution in [1.29, 1.82) is 0 Å². The van der Waals surface area contributed by atoms with E-state index in [9.17, 15) is 0 Å². The van der Waals surface area contributed by atoms with Gasteiger partial charge in [0.15, 0.2) is 0 Å². The first-order valence-corrected chi connectivity index (χ1v) is 9.39. The van der Waals surface area contributed by atoms with E-state index in [-0.39, 0.29) is 11.7 Å². The van der Waals surface area contributed by atoms with Gasteiger partial charge < -0.3 is 9.47 Å². The summed E-state index contributed by atoms with van der Waals surface area (Å²) in [6.45, 7) is 6.73. The van der Waals surface area contributed by atoms with Crippen LogP contribution in [0.25, 0.3) is 0 Å². The molecule has 0 saturated heterocycles. The summed E-state index contributed by atoms with van der Waals surface area (Å²) in [4.78, 5) is 0. The Hall–Kier alpha value is -0.590. The van der Waals surface area contributed by atoms with Crippen LogP contribution >= 0.6 is 9.24 Å². The summed E-state index contributed by atoms with van der Waals surface area (Å²) in [5.41, 5.74) is 1.46. The number of hydrogen-bond donors (Lipinski definition) is 0. The molecule has 0 radical (unpaired) electrons. The van der Waals surface area contributed by atoms with Crippen LogP contribution in [0.1, 0.15) is 64.9 Å². The van der Waals surface area contributed by atoms with Crippen molar-refractivity contribution in [2.45, 2.75) is 77.9 Å². The molecule has 2 atom stereocenters. The molecule has 2 unspecified atom stereocenters. The Labute approximate surface area is 138 Å². The average Bonchev–Trinajstić information content (AvgIpc) is 2.46. The summed E-state index contributed by atoms with van der Waals surface area (Å²) in [7, 11) is 2.76. The summed E-state index contributed by atoms with van der Waals surface area (Å²) < 4.78 is 12.5. The number of rotatable bonds is 6. The SMILES string of the molecule is CC(C)(C)CC(Oc1cccc(CP)c1)OC1CCCCC1. The molecule has 0 amide bonds. The lowest BCUT2D eigenvalue weighted by Crippen LogP contribution is -2.32. The lowest BCUT2D eigenvalue weighted by Gasteiger charge is -2.31. The van der Waals surface area contributed by atoms with Crippen molar-refractivity contribution in [1.82, 2.24) is 0 Å². The molecule has 2 nitrogen and oxygen atoms in total. The largest absolute Gasteiger partial charge is 0.465 e. The molecule has 1 aliphatic rings. The summed E-state index contributed by atoms with van der Waals surface area (Å²) in [5, 5.41) is 0. The van der Waals surface area contributed by atoms with Crippen molar-refractivity contribution in [3.63, 3.8) is 0 Å². The van der Waals surface area contributed by atoms with E-state index in [0.29, 0.717) is 6.10 Å². The van der Waals surface area contributed by atoms with Gasteiger partial charge in [0.05, 0.1) is 6.10 Å². The van der Waals surface area contributed by atoms with Crippen molar-refractivity contribution >= 4 is 9.24 Å². The van der Waals surface area contributed by atoms with Crippen molar-refractivity contribution in [2.24, 2.45) is 5.41 Å². The molecule has 1 aliphatic carbocycles. The predicted octanol–water partition coefficient (Wildman–Crippen LogP) is 5.55. The summed E-state index contributed by atoms with van der Waals surface area (Å²) in [6.07, 6.45) is 8.35. The van der Waals surface area contributed by atoms with Gasteiger partial charge in [-0.25, -0.2) is 0 Å². The van der Waals surface area contributed by atoms with Crippen LogP contribution < -0.4 is 4.74 Å². The molecule has 1 aromatic rings. The fraction of sp³-hybridized carbons (Fsp3) is 0.684. The van der Waals surface area contributed by atoms with Crippen LogP contribution in [0.4, 0.5) is 0 Å². The first kappa shape index (κ1) is 17.8. The van der Waals surface area contributed by atoms with E-state index in [4.69, 9.17) is 9.47 Å². The molecule has 1 fully saturated rings. The van der Waals surface area contributed by atoms with Crippen LogP contribution in [0.2, 0.25) is 0 Å². The third kappa shape index (κ3) is 6.26. The average molecular weight is 322 g/mol. The highest BCUT2D eigenvalue weighted by Crippen LogP contribution is 2.29. The van der Waals surface area contributed by atoms with Gasteiger partial charge in [-0.1, -0.05) is 52.2 Å². The van der Waals surface area contributed by atoms with E-state index in [1.807, 2.05) is 6.07 Å². The van der Waals surface area contributed by atoms with Crippen molar-refractivity contribution < 1.29 is 9.47 Å². The summed E-state index contributed by atoms with van der Waals surface area (Å²) in [5.74, 6) is 0.921. The van der Waals surface area contributed by atoms with Gasteiger partial charge in [0, 0.05) is 6.42 Å². The molecule has 3 heteroatoms. The smallest absolute Gasteiger partial charge is 0.200 e. The van der Waals surface area contributed by atoms with Gasteiger partial charge in [0.2, 0.25) is 6.29 Å². The maximum atomic E-state index is 6.32. The minimum absolute atomic E-state index is 0.150. The number of benzene rings is 1. The normalized spacial score (nSPS) is 18.2. The van der Waals surface area contributed by atoms with Crippen molar-refractivity contribution in [3.8, 4) is 5.75 Å². The Morgan fingerprint density at radius 2 is 1.91 bits per heavy atom. The predicted molar refractivity (Wildman–Crippen MR) is 96.3 cm³/mol. The van der Waals surface area contributed by atoms with Crippen LogP contribution in [0.3, 0.4) is 0 Å². The first-order chi connectivity index (χ1) is 10.5. The molecular formula is C19H31O2P. The van der Waals surface area contributed by atoms with Gasteiger partial charge in [0.1, 0.15) is 5.75 Å². The van der Waals surface area contributed by atoms with Gasteiger partial charge in [-0.05, 0) is 42.1 Å². The second-order valence-corrected chi connectivity index (χ2v) is 7.97. The molecule has 1 saturated carbocycles. The number of hydrogen-bond acceptors (Lipinski definition) is 2. The Balaban J connectivity index is 2.02. The Bertz CT molecular complexity index is 447. The molecule has 2 rings (SSSR count). The molecule has 0 spiro atoms. The third-order valence-electron chi connectivity index (χ3n) is 4.08. The third-order valence-corrected chi connectivity index (χ3v) is 4.55. The molecule has 0 N–H and O–H groups in total. The molecule has 0 bridgehead atoms. The fourth-order valence-corrected chi connectivity index (χ4v) is 3.18. The Morgan fingerprint density at radius 3 is 2.55 bits per heavy atom. The van der Waals surface area contributed by atoms with Crippen LogP contribution in [-0.2, 0) is 10.9 Å². The zero-order valence-corrected chi connectivity index (χ0v) is 15.5. The van der Waals surface area contributed by atoms with Crippen molar-refractivity contribution in [2.75, 3.05) is 0 Å². The van der Waals surface area contributed by atoms with Gasteiger partial charge in [0.25, 0.3) is 0 Å². The van der Waals surface area contributed by atoms with Crippen LogP contribution in [-0.4, -0.2) is 12.4 Å². The maximum absolute atomic E-state index is 6.32. The van der Waals surface area contributed by atoms with Gasteiger partial charge in [-0.3, -0.25) is 0 Å². The minimum atomic E-state index is -0.150. The van der Waals surface area contributed by atoms with E-state index in [0.717, 1.165) is 18.3 Å². The van der Waals surface area contributed by atoms with Crippen molar-refractivity contribution in [3.05, 3.63) is 29.8 Å². The number of ether oxygens (including phenoxy) is 2. The maximum Gasteiger partial charge on any atom is 0.200 e. The molecule has 22 heavy (non-hydrogen) atoms. The molecule has 1 aromatic carbocycles. The van der Waals surface area contributed by atoms with Crippen LogP contribution in [0.5, 0.6) is 5.75 Å². The molecule has 0 aliphatic heterocycles. The molecular weight excluding hydrogens is 291 g/mol. The second kappa shape index (κ2) is 8.31. The highest BCUT2D eigenvalue weighted by Gasteiger charge is 2.25. The topological polar surface area (TPSA) is 18.5 Å². The second-order valence-electron chi connectivity index (χ2n) is 7.56. The van der Waals surface area contributed by atoms with Gasteiger partial charge >= 0.3 is 0 Å². The lowest BCUT2D eigenvalue weighted by molar-refractivity contribution is -0.142. The molecule has 0 aromatic heterocycles. The zero-order chi connectivity index (χ0) is 16.0. The minimum Gasteiger partial charge on any atom is -0.465 e. The monoisotopic (exact) mass is 322 g/mol. The van der Waals surface area contributed by atoms with Gasteiger partial charge in [-0.15, -0.1) is 9.24 Å². The Morgan fingerprint density at radius 1 is 1.18 bits per heavy atom. The van der Waals surface area contributed by atoms with E-state index in [2.05, 4.69) is 48.2 Å². The van der Waals surface area contributed by atoms with E-state index < -0.39 is 0 Å². The van der Waals surface area contributed by atoms with Crippen LogP contribution in [0, 0.1) is 5.41 Å². The molecule has 124 valence electrons.